The molecule has 0 aliphatic carbocycles. The van der Waals surface area contributed by atoms with Gasteiger partial charge in [0.25, 0.3) is 5.91 Å². The van der Waals surface area contributed by atoms with Gasteiger partial charge in [0.2, 0.25) is 0 Å². The molecule has 0 aliphatic heterocycles. The third-order valence-corrected chi connectivity index (χ3v) is 3.18. The maximum atomic E-state index is 12.1. The lowest BCUT2D eigenvalue weighted by Gasteiger charge is -2.12. The Hall–Kier alpha value is -2.33. The molecule has 0 spiro atoms. The van der Waals surface area contributed by atoms with Crippen LogP contribution >= 0.6 is 0 Å². The van der Waals surface area contributed by atoms with Crippen molar-refractivity contribution < 1.29 is 14.6 Å². The Bertz CT molecular complexity index is 638. The number of carbonyl (C=O) groups is 1. The predicted molar refractivity (Wildman–Crippen MR) is 87.1 cm³/mol. The van der Waals surface area contributed by atoms with Crippen molar-refractivity contribution in [1.82, 2.24) is 5.32 Å². The summed E-state index contributed by atoms with van der Waals surface area (Å²) >= 11 is 0. The van der Waals surface area contributed by atoms with E-state index in [1.54, 1.807) is 13.0 Å². The first-order valence-electron chi connectivity index (χ1n) is 7.40. The number of amides is 1. The number of hydrogen-bond donors (Lipinski definition) is 2. The topological polar surface area (TPSA) is 58.6 Å². The molecule has 4 heteroatoms. The van der Waals surface area contributed by atoms with Crippen molar-refractivity contribution in [3.63, 3.8) is 0 Å². The van der Waals surface area contributed by atoms with Gasteiger partial charge in [-0.25, -0.2) is 0 Å². The largest absolute Gasteiger partial charge is 0.493 e. The van der Waals surface area contributed by atoms with E-state index in [9.17, 15) is 9.90 Å². The van der Waals surface area contributed by atoms with Gasteiger partial charge in [-0.2, -0.15) is 0 Å². The maximum Gasteiger partial charge on any atom is 0.251 e. The lowest BCUT2D eigenvalue weighted by molar-refractivity contribution is 0.0924. The van der Waals surface area contributed by atoms with E-state index in [1.807, 2.05) is 49.4 Å². The highest BCUT2D eigenvalue weighted by Crippen LogP contribution is 2.30. The Morgan fingerprint density at radius 1 is 1.23 bits per heavy atom. The molecule has 0 unspecified atom stereocenters. The molecule has 2 N–H and O–H groups in total. The molecule has 1 amide bonds. The number of benzene rings is 2. The van der Waals surface area contributed by atoms with Gasteiger partial charge in [-0.1, -0.05) is 30.3 Å². The van der Waals surface area contributed by atoms with Crippen LogP contribution in [0.1, 0.15) is 24.2 Å². The number of nitrogens with one attached hydrogen (secondary N) is 1. The fourth-order valence-electron chi connectivity index (χ4n) is 2.16. The van der Waals surface area contributed by atoms with E-state index in [2.05, 4.69) is 5.32 Å². The standard InChI is InChI=1S/C18H21NO3/c1-3-22-17-10-5-4-9-16(17)14-7-6-8-15(11-14)18(21)19-12-13(2)20/h4-11,13,20H,3,12H2,1-2H3,(H,19,21)/t13-/m1/s1. The quantitative estimate of drug-likeness (QED) is 0.862. The van der Waals surface area contributed by atoms with Gasteiger partial charge in [-0.15, -0.1) is 0 Å². The second-order valence-corrected chi connectivity index (χ2v) is 5.07. The summed E-state index contributed by atoms with van der Waals surface area (Å²) in [5.74, 6) is 0.600. The van der Waals surface area contributed by atoms with Crippen LogP contribution in [-0.2, 0) is 0 Å². The van der Waals surface area contributed by atoms with Gasteiger partial charge >= 0.3 is 0 Å². The summed E-state index contributed by atoms with van der Waals surface area (Å²) in [6.07, 6.45) is -0.564. The molecule has 0 saturated carbocycles. The molecule has 0 fully saturated rings. The second-order valence-electron chi connectivity index (χ2n) is 5.07. The third kappa shape index (κ3) is 4.09. The van der Waals surface area contributed by atoms with E-state index in [1.165, 1.54) is 0 Å². The lowest BCUT2D eigenvalue weighted by Crippen LogP contribution is -2.30. The highest BCUT2D eigenvalue weighted by atomic mass is 16.5. The molecule has 2 rings (SSSR count). The van der Waals surface area contributed by atoms with Gasteiger partial charge in [0.05, 0.1) is 12.7 Å². The summed E-state index contributed by atoms with van der Waals surface area (Å²) in [4.78, 5) is 12.1. The van der Waals surface area contributed by atoms with Crippen LogP contribution in [0.2, 0.25) is 0 Å². The van der Waals surface area contributed by atoms with Crippen molar-refractivity contribution in [2.45, 2.75) is 20.0 Å². The summed E-state index contributed by atoms with van der Waals surface area (Å²) in [6, 6.07) is 15.1. The highest BCUT2D eigenvalue weighted by molar-refractivity contribution is 5.95. The molecule has 22 heavy (non-hydrogen) atoms. The van der Waals surface area contributed by atoms with E-state index < -0.39 is 6.10 Å². The van der Waals surface area contributed by atoms with Gasteiger partial charge in [0, 0.05) is 17.7 Å². The molecule has 0 saturated heterocycles. The molecule has 0 radical (unpaired) electrons. The van der Waals surface area contributed by atoms with Gasteiger partial charge in [-0.3, -0.25) is 4.79 Å². The first-order valence-corrected chi connectivity index (χ1v) is 7.40. The second kappa shape index (κ2) is 7.61. The molecule has 0 aromatic heterocycles. The smallest absolute Gasteiger partial charge is 0.251 e. The Morgan fingerprint density at radius 3 is 2.73 bits per heavy atom. The van der Waals surface area contributed by atoms with Crippen molar-refractivity contribution >= 4 is 5.91 Å². The van der Waals surface area contributed by atoms with Crippen molar-refractivity contribution in [3.05, 3.63) is 54.1 Å². The van der Waals surface area contributed by atoms with E-state index in [4.69, 9.17) is 4.74 Å². The van der Waals surface area contributed by atoms with E-state index in [0.29, 0.717) is 12.2 Å². The molecule has 0 heterocycles. The minimum atomic E-state index is -0.564. The van der Waals surface area contributed by atoms with Crippen molar-refractivity contribution in [2.75, 3.05) is 13.2 Å². The minimum Gasteiger partial charge on any atom is -0.493 e. The van der Waals surface area contributed by atoms with E-state index >= 15 is 0 Å². The number of para-hydroxylation sites is 1. The Morgan fingerprint density at radius 2 is 2.00 bits per heavy atom. The maximum absolute atomic E-state index is 12.1. The minimum absolute atomic E-state index is 0.198. The van der Waals surface area contributed by atoms with Crippen LogP contribution < -0.4 is 10.1 Å². The van der Waals surface area contributed by atoms with Crippen molar-refractivity contribution in [1.29, 1.82) is 0 Å². The number of rotatable bonds is 6. The molecule has 4 nitrogen and oxygen atoms in total. The fourth-order valence-corrected chi connectivity index (χ4v) is 2.16. The Labute approximate surface area is 130 Å². The first-order chi connectivity index (χ1) is 10.6. The fraction of sp³-hybridized carbons (Fsp3) is 0.278. The molecular weight excluding hydrogens is 278 g/mol. The van der Waals surface area contributed by atoms with Crippen LogP contribution in [0.25, 0.3) is 11.1 Å². The third-order valence-electron chi connectivity index (χ3n) is 3.18. The summed E-state index contributed by atoms with van der Waals surface area (Å²) in [7, 11) is 0. The number of aliphatic hydroxyl groups excluding tert-OH is 1. The van der Waals surface area contributed by atoms with Gasteiger partial charge < -0.3 is 15.2 Å². The zero-order valence-corrected chi connectivity index (χ0v) is 12.9. The van der Waals surface area contributed by atoms with Gasteiger partial charge in [0.1, 0.15) is 5.75 Å². The summed E-state index contributed by atoms with van der Waals surface area (Å²) in [5.41, 5.74) is 2.44. The summed E-state index contributed by atoms with van der Waals surface area (Å²) < 4.78 is 5.64. The monoisotopic (exact) mass is 299 g/mol. The normalized spacial score (nSPS) is 11.8. The predicted octanol–water partition coefficient (Wildman–Crippen LogP) is 2.86. The van der Waals surface area contributed by atoms with Gasteiger partial charge in [0.15, 0.2) is 0 Å². The summed E-state index contributed by atoms with van der Waals surface area (Å²) in [5, 5.41) is 11.9. The van der Waals surface area contributed by atoms with Crippen LogP contribution in [-0.4, -0.2) is 30.3 Å². The highest BCUT2D eigenvalue weighted by Gasteiger charge is 2.10. The molecule has 116 valence electrons. The zero-order valence-electron chi connectivity index (χ0n) is 12.9. The Kier molecular flexibility index (Phi) is 5.55. The van der Waals surface area contributed by atoms with Crippen molar-refractivity contribution in [2.24, 2.45) is 0 Å². The van der Waals surface area contributed by atoms with Gasteiger partial charge in [-0.05, 0) is 37.6 Å². The van der Waals surface area contributed by atoms with Crippen LogP contribution in [0.5, 0.6) is 5.75 Å². The molecule has 1 atom stereocenters. The molecule has 2 aromatic rings. The van der Waals surface area contributed by atoms with Crippen molar-refractivity contribution in [3.8, 4) is 16.9 Å². The van der Waals surface area contributed by atoms with E-state index in [0.717, 1.165) is 16.9 Å². The Balaban J connectivity index is 2.27. The van der Waals surface area contributed by atoms with Crippen LogP contribution in [0.4, 0.5) is 0 Å². The molecular formula is C18H21NO3. The molecule has 0 aliphatic rings. The van der Waals surface area contributed by atoms with E-state index in [-0.39, 0.29) is 12.5 Å². The number of ether oxygens (including phenoxy) is 1. The summed E-state index contributed by atoms with van der Waals surface area (Å²) in [6.45, 7) is 4.40. The van der Waals surface area contributed by atoms with Crippen LogP contribution in [0, 0.1) is 0 Å². The van der Waals surface area contributed by atoms with Crippen LogP contribution in [0.3, 0.4) is 0 Å². The number of carbonyl (C=O) groups excluding carboxylic acids is 1. The zero-order chi connectivity index (χ0) is 15.9. The van der Waals surface area contributed by atoms with Crippen LogP contribution in [0.15, 0.2) is 48.5 Å². The SMILES string of the molecule is CCOc1ccccc1-c1cccc(C(=O)NC[C@@H](C)O)c1. The average molecular weight is 299 g/mol. The first kappa shape index (κ1) is 16.0. The number of hydrogen-bond acceptors (Lipinski definition) is 3. The number of aliphatic hydroxyl groups is 1. The molecule has 2 aromatic carbocycles. The average Bonchev–Trinajstić information content (AvgIpc) is 2.53. The lowest BCUT2D eigenvalue weighted by atomic mass is 10.0. The molecule has 0 bridgehead atoms.